The molecule has 0 radical (unpaired) electrons. The van der Waals surface area contributed by atoms with Gasteiger partial charge in [-0.1, -0.05) is 6.07 Å². The first kappa shape index (κ1) is 14.1. The van der Waals surface area contributed by atoms with Gasteiger partial charge in [0.05, 0.1) is 13.7 Å². The van der Waals surface area contributed by atoms with Gasteiger partial charge in [0.15, 0.2) is 0 Å². The Balaban J connectivity index is 0.00000144. The molecular weight excluding hydrogens is 238 g/mol. The molecule has 0 heterocycles. The second-order valence-electron chi connectivity index (χ2n) is 4.45. The Kier molecular flexibility index (Phi) is 5.09. The van der Waals surface area contributed by atoms with Gasteiger partial charge < -0.3 is 15.2 Å². The Morgan fingerprint density at radius 2 is 2.12 bits per heavy atom. The Hall–Kier alpha value is -0.930. The van der Waals surface area contributed by atoms with Gasteiger partial charge in [-0.05, 0) is 31.7 Å². The van der Waals surface area contributed by atoms with Crippen LogP contribution in [-0.2, 0) is 0 Å². The largest absolute Gasteiger partial charge is 0.497 e. The lowest BCUT2D eigenvalue weighted by atomic mass is 10.1. The van der Waals surface area contributed by atoms with Crippen LogP contribution in [0.5, 0.6) is 11.5 Å². The van der Waals surface area contributed by atoms with Crippen molar-refractivity contribution in [2.45, 2.75) is 25.8 Å². The van der Waals surface area contributed by atoms with Crippen molar-refractivity contribution in [1.82, 2.24) is 0 Å². The highest BCUT2D eigenvalue weighted by atomic mass is 35.5. The fourth-order valence-electron chi connectivity index (χ4n) is 1.63. The zero-order valence-corrected chi connectivity index (χ0v) is 11.1. The molecule has 0 unspecified atom stereocenters. The van der Waals surface area contributed by atoms with Crippen molar-refractivity contribution in [2.75, 3.05) is 13.7 Å². The molecule has 0 aromatic heterocycles. The fourth-order valence-corrected chi connectivity index (χ4v) is 1.63. The number of hydrogen-bond acceptors (Lipinski definition) is 3. The highest BCUT2D eigenvalue weighted by Crippen LogP contribution is 2.33. The number of methoxy groups -OCH3 is 1. The van der Waals surface area contributed by atoms with E-state index in [0.717, 1.165) is 29.6 Å². The normalized spacial score (nSPS) is 15.9. The maximum atomic E-state index is 5.91. The van der Waals surface area contributed by atoms with E-state index in [1.807, 2.05) is 25.1 Å². The van der Waals surface area contributed by atoms with Crippen LogP contribution in [0.25, 0.3) is 0 Å². The zero-order valence-electron chi connectivity index (χ0n) is 10.3. The molecule has 0 spiro atoms. The summed E-state index contributed by atoms with van der Waals surface area (Å²) < 4.78 is 11.0. The van der Waals surface area contributed by atoms with Crippen molar-refractivity contribution < 1.29 is 9.47 Å². The summed E-state index contributed by atoms with van der Waals surface area (Å²) in [5, 5.41) is 0. The summed E-state index contributed by atoms with van der Waals surface area (Å²) in [5.41, 5.74) is 6.95. The third-order valence-electron chi connectivity index (χ3n) is 2.88. The lowest BCUT2D eigenvalue weighted by Crippen LogP contribution is -2.09. The molecule has 3 nitrogen and oxygen atoms in total. The van der Waals surface area contributed by atoms with Crippen LogP contribution in [0, 0.1) is 5.92 Å². The lowest BCUT2D eigenvalue weighted by molar-refractivity contribution is 0.293. The maximum absolute atomic E-state index is 5.91. The zero-order chi connectivity index (χ0) is 11.5. The Labute approximate surface area is 109 Å². The molecule has 17 heavy (non-hydrogen) atoms. The van der Waals surface area contributed by atoms with E-state index >= 15 is 0 Å². The molecule has 0 aliphatic heterocycles. The van der Waals surface area contributed by atoms with Gasteiger partial charge in [0, 0.05) is 17.7 Å². The van der Waals surface area contributed by atoms with Crippen LogP contribution >= 0.6 is 12.4 Å². The predicted octanol–water partition coefficient (Wildman–Crippen LogP) is 2.93. The standard InChI is InChI=1S/C13H19NO2.ClH/c1-9(14)12-6-5-11(15-2)7-13(12)16-8-10-3-4-10;/h5-7,9-10H,3-4,8,14H2,1-2H3;1H/t9-;/m1./s1. The van der Waals surface area contributed by atoms with Gasteiger partial charge in [-0.3, -0.25) is 0 Å². The summed E-state index contributed by atoms with van der Waals surface area (Å²) in [6.45, 7) is 2.76. The molecule has 1 aliphatic rings. The molecular formula is C13H20ClNO2. The Morgan fingerprint density at radius 3 is 2.65 bits per heavy atom. The summed E-state index contributed by atoms with van der Waals surface area (Å²) in [7, 11) is 1.66. The van der Waals surface area contributed by atoms with Crippen molar-refractivity contribution in [3.05, 3.63) is 23.8 Å². The second-order valence-corrected chi connectivity index (χ2v) is 4.45. The summed E-state index contributed by atoms with van der Waals surface area (Å²) in [5.74, 6) is 2.42. The molecule has 1 aromatic carbocycles. The molecule has 0 amide bonds. The quantitative estimate of drug-likeness (QED) is 0.882. The molecule has 1 atom stereocenters. The van der Waals surface area contributed by atoms with Gasteiger partial charge in [0.2, 0.25) is 0 Å². The Bertz CT molecular complexity index is 364. The van der Waals surface area contributed by atoms with Crippen LogP contribution in [-0.4, -0.2) is 13.7 Å². The summed E-state index contributed by atoms with van der Waals surface area (Å²) in [6.07, 6.45) is 2.58. The first-order valence-electron chi connectivity index (χ1n) is 5.77. The molecule has 1 aliphatic carbocycles. The minimum Gasteiger partial charge on any atom is -0.497 e. The molecule has 1 saturated carbocycles. The van der Waals surface area contributed by atoms with E-state index in [1.54, 1.807) is 7.11 Å². The number of rotatable bonds is 5. The predicted molar refractivity (Wildman–Crippen MR) is 71.1 cm³/mol. The van der Waals surface area contributed by atoms with E-state index in [9.17, 15) is 0 Å². The smallest absolute Gasteiger partial charge is 0.127 e. The van der Waals surface area contributed by atoms with Crippen LogP contribution in [0.3, 0.4) is 0 Å². The summed E-state index contributed by atoms with van der Waals surface area (Å²) in [4.78, 5) is 0. The van der Waals surface area contributed by atoms with Crippen molar-refractivity contribution in [3.8, 4) is 11.5 Å². The average molecular weight is 258 g/mol. The second kappa shape index (κ2) is 6.12. The molecule has 96 valence electrons. The highest BCUT2D eigenvalue weighted by Gasteiger charge is 2.22. The molecule has 1 fully saturated rings. The van der Waals surface area contributed by atoms with E-state index in [1.165, 1.54) is 12.8 Å². The van der Waals surface area contributed by atoms with Gasteiger partial charge >= 0.3 is 0 Å². The third-order valence-corrected chi connectivity index (χ3v) is 2.88. The molecule has 2 N–H and O–H groups in total. The molecule has 2 rings (SSSR count). The van der Waals surface area contributed by atoms with Crippen molar-refractivity contribution in [3.63, 3.8) is 0 Å². The average Bonchev–Trinajstić information content (AvgIpc) is 3.09. The van der Waals surface area contributed by atoms with E-state index in [-0.39, 0.29) is 18.4 Å². The van der Waals surface area contributed by atoms with Gasteiger partial charge in [-0.2, -0.15) is 0 Å². The number of hydrogen-bond donors (Lipinski definition) is 1. The number of halogens is 1. The van der Waals surface area contributed by atoms with Crippen LogP contribution in [0.1, 0.15) is 31.4 Å². The fraction of sp³-hybridized carbons (Fsp3) is 0.538. The van der Waals surface area contributed by atoms with Crippen LogP contribution in [0.2, 0.25) is 0 Å². The first-order chi connectivity index (χ1) is 7.70. The highest BCUT2D eigenvalue weighted by molar-refractivity contribution is 5.85. The monoisotopic (exact) mass is 257 g/mol. The Morgan fingerprint density at radius 1 is 1.41 bits per heavy atom. The SMILES string of the molecule is COc1ccc([C@@H](C)N)c(OCC2CC2)c1.Cl. The van der Waals surface area contributed by atoms with Gasteiger partial charge in [0.1, 0.15) is 11.5 Å². The van der Waals surface area contributed by atoms with Crippen molar-refractivity contribution >= 4 is 12.4 Å². The lowest BCUT2D eigenvalue weighted by Gasteiger charge is -2.15. The molecule has 1 aromatic rings. The topological polar surface area (TPSA) is 44.5 Å². The van der Waals surface area contributed by atoms with E-state index in [0.29, 0.717) is 0 Å². The van der Waals surface area contributed by atoms with Crippen LogP contribution < -0.4 is 15.2 Å². The molecule has 0 saturated heterocycles. The first-order valence-corrected chi connectivity index (χ1v) is 5.77. The van der Waals surface area contributed by atoms with Crippen molar-refractivity contribution in [2.24, 2.45) is 11.7 Å². The molecule has 4 heteroatoms. The van der Waals surface area contributed by atoms with Crippen LogP contribution in [0.4, 0.5) is 0 Å². The number of benzene rings is 1. The number of nitrogens with two attached hydrogens (primary N) is 1. The van der Waals surface area contributed by atoms with Crippen molar-refractivity contribution in [1.29, 1.82) is 0 Å². The summed E-state index contributed by atoms with van der Waals surface area (Å²) >= 11 is 0. The minimum atomic E-state index is -0.0138. The maximum Gasteiger partial charge on any atom is 0.127 e. The third kappa shape index (κ3) is 3.79. The van der Waals surface area contributed by atoms with E-state index in [2.05, 4.69) is 0 Å². The van der Waals surface area contributed by atoms with E-state index in [4.69, 9.17) is 15.2 Å². The molecule has 0 bridgehead atoms. The van der Waals surface area contributed by atoms with Crippen LogP contribution in [0.15, 0.2) is 18.2 Å². The van der Waals surface area contributed by atoms with Gasteiger partial charge in [0.25, 0.3) is 0 Å². The minimum absolute atomic E-state index is 0. The summed E-state index contributed by atoms with van der Waals surface area (Å²) in [6, 6.07) is 5.80. The van der Waals surface area contributed by atoms with Gasteiger partial charge in [-0.25, -0.2) is 0 Å². The number of ether oxygens (including phenoxy) is 2. The van der Waals surface area contributed by atoms with E-state index < -0.39 is 0 Å². The van der Waals surface area contributed by atoms with Gasteiger partial charge in [-0.15, -0.1) is 12.4 Å².